The van der Waals surface area contributed by atoms with E-state index in [1.165, 1.54) is 6.92 Å². The van der Waals surface area contributed by atoms with Crippen molar-refractivity contribution in [2.45, 2.75) is 39.3 Å². The molecule has 0 saturated carbocycles. The molecule has 5 nitrogen and oxygen atoms in total. The van der Waals surface area contributed by atoms with E-state index in [4.69, 9.17) is 10.5 Å². The predicted molar refractivity (Wildman–Crippen MR) is 85.1 cm³/mol. The van der Waals surface area contributed by atoms with Gasteiger partial charge in [0.05, 0.1) is 0 Å². The van der Waals surface area contributed by atoms with E-state index in [1.54, 1.807) is 31.2 Å². The number of hydrogen-bond acceptors (Lipinski definition) is 4. The molecule has 0 aliphatic heterocycles. The molecule has 0 heterocycles. The molecule has 0 radical (unpaired) electrons. The largest absolute Gasteiger partial charge is 0.481 e. The molecule has 0 aliphatic rings. The van der Waals surface area contributed by atoms with Crippen LogP contribution in [0.2, 0.25) is 0 Å². The summed E-state index contributed by atoms with van der Waals surface area (Å²) in [5.74, 6) is 0.274. The van der Waals surface area contributed by atoms with Crippen molar-refractivity contribution in [1.82, 2.24) is 5.32 Å². The molecule has 2 unspecified atom stereocenters. The van der Waals surface area contributed by atoms with E-state index in [2.05, 4.69) is 5.32 Å². The van der Waals surface area contributed by atoms with Gasteiger partial charge in [0, 0.05) is 18.2 Å². The van der Waals surface area contributed by atoms with E-state index in [1.807, 2.05) is 6.92 Å². The summed E-state index contributed by atoms with van der Waals surface area (Å²) in [4.78, 5) is 23.1. The number of amides is 1. The van der Waals surface area contributed by atoms with Crippen LogP contribution in [0.1, 0.15) is 37.6 Å². The third-order valence-electron chi connectivity index (χ3n) is 2.82. The van der Waals surface area contributed by atoms with Gasteiger partial charge >= 0.3 is 0 Å². The normalized spacial score (nSPS) is 12.8. The summed E-state index contributed by atoms with van der Waals surface area (Å²) >= 11 is 0. The van der Waals surface area contributed by atoms with Crippen LogP contribution in [0.4, 0.5) is 0 Å². The molecule has 1 aromatic rings. The number of ketones is 1. The highest BCUT2D eigenvalue weighted by Gasteiger charge is 2.14. The Morgan fingerprint density at radius 2 is 2.00 bits per heavy atom. The summed E-state index contributed by atoms with van der Waals surface area (Å²) in [7, 11) is 0. The van der Waals surface area contributed by atoms with Crippen LogP contribution < -0.4 is 15.8 Å². The first-order valence-electron chi connectivity index (χ1n) is 6.71. The van der Waals surface area contributed by atoms with Gasteiger partial charge in [-0.2, -0.15) is 0 Å². The standard InChI is InChI=1S/C15H22N2O3.ClH/c1-10(16)7-8-17-15(19)12(3)20-14-6-4-5-13(9-14)11(2)18;/h4-6,9-10,12H,7-8,16H2,1-3H3,(H,17,19);1H. The molecule has 1 rings (SSSR count). The van der Waals surface area contributed by atoms with Crippen LogP contribution in [-0.2, 0) is 4.79 Å². The number of benzene rings is 1. The fraction of sp³-hybridized carbons (Fsp3) is 0.467. The molecule has 0 aromatic heterocycles. The Balaban J connectivity index is 0.00000400. The fourth-order valence-electron chi connectivity index (χ4n) is 1.61. The number of ether oxygens (including phenoxy) is 1. The van der Waals surface area contributed by atoms with Gasteiger partial charge in [0.1, 0.15) is 5.75 Å². The molecule has 0 bridgehead atoms. The Hall–Kier alpha value is -1.59. The molecule has 118 valence electrons. The number of hydrogen-bond donors (Lipinski definition) is 2. The number of carbonyl (C=O) groups excluding carboxylic acids is 2. The lowest BCUT2D eigenvalue weighted by molar-refractivity contribution is -0.127. The minimum atomic E-state index is -0.620. The lowest BCUT2D eigenvalue weighted by Gasteiger charge is -2.15. The van der Waals surface area contributed by atoms with Gasteiger partial charge in [-0.15, -0.1) is 12.4 Å². The molecule has 0 saturated heterocycles. The van der Waals surface area contributed by atoms with Gasteiger partial charge in [0.25, 0.3) is 5.91 Å². The van der Waals surface area contributed by atoms with Crippen LogP contribution in [0.3, 0.4) is 0 Å². The molecule has 0 spiro atoms. The van der Waals surface area contributed by atoms with Crippen LogP contribution >= 0.6 is 12.4 Å². The number of halogens is 1. The second-order valence-corrected chi connectivity index (χ2v) is 4.90. The van der Waals surface area contributed by atoms with Crippen molar-refractivity contribution in [3.63, 3.8) is 0 Å². The third-order valence-corrected chi connectivity index (χ3v) is 2.82. The molecule has 6 heteroatoms. The van der Waals surface area contributed by atoms with Crippen LogP contribution in [0.5, 0.6) is 5.75 Å². The van der Waals surface area contributed by atoms with E-state index in [0.29, 0.717) is 17.9 Å². The van der Waals surface area contributed by atoms with Gasteiger partial charge in [0.2, 0.25) is 0 Å². The summed E-state index contributed by atoms with van der Waals surface area (Å²) in [6.45, 7) is 5.57. The van der Waals surface area contributed by atoms with Crippen molar-refractivity contribution in [1.29, 1.82) is 0 Å². The Labute approximate surface area is 131 Å². The minimum absolute atomic E-state index is 0. The predicted octanol–water partition coefficient (Wildman–Crippen LogP) is 1.93. The zero-order valence-corrected chi connectivity index (χ0v) is 13.4. The number of nitrogens with two attached hydrogens (primary N) is 1. The van der Waals surface area contributed by atoms with Crippen LogP contribution in [0.15, 0.2) is 24.3 Å². The molecule has 21 heavy (non-hydrogen) atoms. The number of nitrogens with one attached hydrogen (secondary N) is 1. The summed E-state index contributed by atoms with van der Waals surface area (Å²) < 4.78 is 5.53. The van der Waals surface area contributed by atoms with Crippen LogP contribution in [0.25, 0.3) is 0 Å². The first-order valence-corrected chi connectivity index (χ1v) is 6.71. The molecule has 3 N–H and O–H groups in total. The first kappa shape index (κ1) is 19.4. The minimum Gasteiger partial charge on any atom is -0.481 e. The fourth-order valence-corrected chi connectivity index (χ4v) is 1.61. The van der Waals surface area contributed by atoms with Crippen molar-refractivity contribution < 1.29 is 14.3 Å². The van der Waals surface area contributed by atoms with Gasteiger partial charge < -0.3 is 15.8 Å². The summed E-state index contributed by atoms with van der Waals surface area (Å²) in [5.41, 5.74) is 6.17. The van der Waals surface area contributed by atoms with E-state index < -0.39 is 6.10 Å². The number of carbonyl (C=O) groups is 2. The van der Waals surface area contributed by atoms with Crippen LogP contribution in [0, 0.1) is 0 Å². The third kappa shape index (κ3) is 7.11. The average Bonchev–Trinajstić information content (AvgIpc) is 2.38. The van der Waals surface area contributed by atoms with Crippen molar-refractivity contribution in [2.75, 3.05) is 6.54 Å². The van der Waals surface area contributed by atoms with Gasteiger partial charge in [-0.3, -0.25) is 9.59 Å². The maximum Gasteiger partial charge on any atom is 0.260 e. The lowest BCUT2D eigenvalue weighted by Crippen LogP contribution is -2.38. The zero-order valence-electron chi connectivity index (χ0n) is 12.6. The van der Waals surface area contributed by atoms with E-state index >= 15 is 0 Å². The Morgan fingerprint density at radius 3 is 2.57 bits per heavy atom. The Kier molecular flexibility index (Phi) is 8.66. The highest BCUT2D eigenvalue weighted by atomic mass is 35.5. The zero-order chi connectivity index (χ0) is 15.1. The average molecular weight is 315 g/mol. The quantitative estimate of drug-likeness (QED) is 0.754. The summed E-state index contributed by atoms with van der Waals surface area (Å²) in [6, 6.07) is 6.85. The highest BCUT2D eigenvalue weighted by molar-refractivity contribution is 5.94. The van der Waals surface area contributed by atoms with E-state index in [-0.39, 0.29) is 30.1 Å². The summed E-state index contributed by atoms with van der Waals surface area (Å²) in [5, 5.41) is 2.76. The number of Topliss-reactive ketones (excluding diaryl/α,β-unsaturated/α-hetero) is 1. The number of rotatable bonds is 7. The van der Waals surface area contributed by atoms with Gasteiger partial charge in [-0.25, -0.2) is 0 Å². The van der Waals surface area contributed by atoms with Crippen molar-refractivity contribution in [3.8, 4) is 5.75 Å². The SMILES string of the molecule is CC(=O)c1cccc(OC(C)C(=O)NCCC(C)N)c1.Cl. The molecule has 0 aliphatic carbocycles. The summed E-state index contributed by atoms with van der Waals surface area (Å²) in [6.07, 6.45) is 0.100. The highest BCUT2D eigenvalue weighted by Crippen LogP contribution is 2.15. The second-order valence-electron chi connectivity index (χ2n) is 4.90. The van der Waals surface area contributed by atoms with Crippen LogP contribution in [-0.4, -0.2) is 30.4 Å². The molecular formula is C15H23ClN2O3. The first-order chi connectivity index (χ1) is 9.40. The molecule has 1 amide bonds. The van der Waals surface area contributed by atoms with Gasteiger partial charge in [0.15, 0.2) is 11.9 Å². The lowest BCUT2D eigenvalue weighted by atomic mass is 10.1. The molecular weight excluding hydrogens is 292 g/mol. The smallest absolute Gasteiger partial charge is 0.260 e. The second kappa shape index (κ2) is 9.37. The topological polar surface area (TPSA) is 81.4 Å². The monoisotopic (exact) mass is 314 g/mol. The van der Waals surface area contributed by atoms with Crippen molar-refractivity contribution in [2.24, 2.45) is 5.73 Å². The van der Waals surface area contributed by atoms with Crippen molar-refractivity contribution >= 4 is 24.1 Å². The molecule has 0 fully saturated rings. The maximum absolute atomic E-state index is 11.8. The maximum atomic E-state index is 11.8. The Bertz CT molecular complexity index is 478. The van der Waals surface area contributed by atoms with E-state index in [0.717, 1.165) is 6.42 Å². The molecule has 1 aromatic carbocycles. The van der Waals surface area contributed by atoms with Gasteiger partial charge in [-0.05, 0) is 39.3 Å². The van der Waals surface area contributed by atoms with Gasteiger partial charge in [-0.1, -0.05) is 12.1 Å². The van der Waals surface area contributed by atoms with Crippen molar-refractivity contribution in [3.05, 3.63) is 29.8 Å². The van der Waals surface area contributed by atoms with E-state index in [9.17, 15) is 9.59 Å². The molecule has 2 atom stereocenters. The Morgan fingerprint density at radius 1 is 1.33 bits per heavy atom.